The van der Waals surface area contributed by atoms with Crippen molar-refractivity contribution in [2.24, 2.45) is 0 Å². The first kappa shape index (κ1) is 12.1. The van der Waals surface area contributed by atoms with Crippen LogP contribution in [0.25, 0.3) is 0 Å². The van der Waals surface area contributed by atoms with Crippen LogP contribution in [0.3, 0.4) is 0 Å². The number of rotatable bonds is 2. The lowest BCUT2D eigenvalue weighted by molar-refractivity contribution is 0.0706. The summed E-state index contributed by atoms with van der Waals surface area (Å²) in [5, 5.41) is 0. The first-order chi connectivity index (χ1) is 7.89. The highest BCUT2D eigenvalue weighted by Gasteiger charge is 2.34. The van der Waals surface area contributed by atoms with Crippen LogP contribution in [-0.4, -0.2) is 48.8 Å². The van der Waals surface area contributed by atoms with Crippen LogP contribution in [0.5, 0.6) is 0 Å². The van der Waals surface area contributed by atoms with Gasteiger partial charge in [0.05, 0.1) is 17.7 Å². The molecule has 1 aromatic rings. The zero-order chi connectivity index (χ0) is 12.6. The fourth-order valence-corrected chi connectivity index (χ4v) is 3.63. The molecule has 1 aromatic heterocycles. The predicted molar refractivity (Wildman–Crippen MR) is 60.4 cm³/mol. The molecule has 1 atom stereocenters. The van der Waals surface area contributed by atoms with Crippen LogP contribution in [0.4, 0.5) is 0 Å². The maximum atomic E-state index is 11.9. The lowest BCUT2D eigenvalue weighted by atomic mass is 10.2. The molecule has 0 bridgehead atoms. The number of sulfone groups is 1. The molecule has 1 aliphatic rings. The SMILES string of the molecule is Cc1cnc(C(=O)N(C)C2CCS(=O)(=O)C2)o1. The minimum atomic E-state index is -3.00. The molecular weight excluding hydrogens is 244 g/mol. The fraction of sp³-hybridized carbons (Fsp3) is 0.600. The van der Waals surface area contributed by atoms with Crippen LogP contribution < -0.4 is 0 Å². The largest absolute Gasteiger partial charge is 0.438 e. The van der Waals surface area contributed by atoms with Gasteiger partial charge in [-0.05, 0) is 13.3 Å². The summed E-state index contributed by atoms with van der Waals surface area (Å²) in [4.78, 5) is 17.2. The molecule has 0 saturated carbocycles. The minimum Gasteiger partial charge on any atom is -0.438 e. The quantitative estimate of drug-likeness (QED) is 0.759. The third kappa shape index (κ3) is 2.49. The van der Waals surface area contributed by atoms with E-state index in [0.29, 0.717) is 12.2 Å². The molecule has 0 spiro atoms. The highest BCUT2D eigenvalue weighted by atomic mass is 32.2. The summed E-state index contributed by atoms with van der Waals surface area (Å²) >= 11 is 0. The van der Waals surface area contributed by atoms with Crippen LogP contribution in [0.2, 0.25) is 0 Å². The Morgan fingerprint density at radius 2 is 2.29 bits per heavy atom. The summed E-state index contributed by atoms with van der Waals surface area (Å²) in [6, 6.07) is -0.278. The van der Waals surface area contributed by atoms with Crippen LogP contribution in [0.15, 0.2) is 10.6 Å². The smallest absolute Gasteiger partial charge is 0.309 e. The molecule has 17 heavy (non-hydrogen) atoms. The van der Waals surface area contributed by atoms with Gasteiger partial charge in [-0.3, -0.25) is 4.79 Å². The van der Waals surface area contributed by atoms with Gasteiger partial charge in [0.1, 0.15) is 5.76 Å². The van der Waals surface area contributed by atoms with Gasteiger partial charge < -0.3 is 9.32 Å². The number of amides is 1. The van der Waals surface area contributed by atoms with E-state index in [-0.39, 0.29) is 29.3 Å². The molecule has 2 heterocycles. The molecule has 94 valence electrons. The Labute approximate surface area is 99.5 Å². The first-order valence-electron chi connectivity index (χ1n) is 5.29. The van der Waals surface area contributed by atoms with Crippen LogP contribution >= 0.6 is 0 Å². The average molecular weight is 258 g/mol. The van der Waals surface area contributed by atoms with Crippen molar-refractivity contribution in [3.63, 3.8) is 0 Å². The molecule has 1 aliphatic heterocycles. The van der Waals surface area contributed by atoms with Crippen LogP contribution in [0, 0.1) is 6.92 Å². The highest BCUT2D eigenvalue weighted by Crippen LogP contribution is 2.18. The lowest BCUT2D eigenvalue weighted by Gasteiger charge is -2.21. The Kier molecular flexibility index (Phi) is 2.94. The molecule has 7 heteroatoms. The molecule has 0 aromatic carbocycles. The number of hydrogen-bond donors (Lipinski definition) is 0. The van der Waals surface area contributed by atoms with Gasteiger partial charge in [-0.1, -0.05) is 0 Å². The zero-order valence-corrected chi connectivity index (χ0v) is 10.5. The molecular formula is C10H14N2O4S. The van der Waals surface area contributed by atoms with Crippen molar-refractivity contribution in [2.75, 3.05) is 18.6 Å². The maximum Gasteiger partial charge on any atom is 0.309 e. The van der Waals surface area contributed by atoms with Crippen molar-refractivity contribution >= 4 is 15.7 Å². The Morgan fingerprint density at radius 1 is 1.59 bits per heavy atom. The van der Waals surface area contributed by atoms with Gasteiger partial charge in [-0.2, -0.15) is 0 Å². The second-order valence-corrected chi connectivity index (χ2v) is 6.48. The summed E-state index contributed by atoms with van der Waals surface area (Å²) in [5.41, 5.74) is 0. The fourth-order valence-electron chi connectivity index (χ4n) is 1.85. The Bertz CT molecular complexity index is 534. The van der Waals surface area contributed by atoms with E-state index >= 15 is 0 Å². The molecule has 1 amide bonds. The van der Waals surface area contributed by atoms with E-state index in [0.717, 1.165) is 0 Å². The summed E-state index contributed by atoms with van der Waals surface area (Å²) in [6.07, 6.45) is 1.94. The molecule has 1 unspecified atom stereocenters. The summed E-state index contributed by atoms with van der Waals surface area (Å²) in [6.45, 7) is 1.70. The summed E-state index contributed by atoms with van der Waals surface area (Å²) in [7, 11) is -1.42. The van der Waals surface area contributed by atoms with E-state index < -0.39 is 9.84 Å². The van der Waals surface area contributed by atoms with Gasteiger partial charge >= 0.3 is 5.91 Å². The van der Waals surface area contributed by atoms with Gasteiger partial charge in [0, 0.05) is 13.1 Å². The Hall–Kier alpha value is -1.37. The van der Waals surface area contributed by atoms with E-state index in [9.17, 15) is 13.2 Å². The van der Waals surface area contributed by atoms with Gasteiger partial charge in [-0.25, -0.2) is 13.4 Å². The zero-order valence-electron chi connectivity index (χ0n) is 9.71. The number of nitrogens with zero attached hydrogens (tertiary/aromatic N) is 2. The number of oxazole rings is 1. The lowest BCUT2D eigenvalue weighted by Crippen LogP contribution is -2.37. The second-order valence-electron chi connectivity index (χ2n) is 4.25. The van der Waals surface area contributed by atoms with E-state index in [1.807, 2.05) is 0 Å². The van der Waals surface area contributed by atoms with E-state index in [1.165, 1.54) is 11.1 Å². The van der Waals surface area contributed by atoms with Gasteiger partial charge in [0.2, 0.25) is 0 Å². The number of aryl methyl sites for hydroxylation is 1. The van der Waals surface area contributed by atoms with Crippen molar-refractivity contribution in [1.82, 2.24) is 9.88 Å². The second kappa shape index (κ2) is 4.14. The van der Waals surface area contributed by atoms with Crippen LogP contribution in [-0.2, 0) is 9.84 Å². The predicted octanol–water partition coefficient (Wildman–Crippen LogP) is 0.242. The molecule has 0 aliphatic carbocycles. The molecule has 1 fully saturated rings. The van der Waals surface area contributed by atoms with E-state index in [2.05, 4.69) is 4.98 Å². The molecule has 0 N–H and O–H groups in total. The highest BCUT2D eigenvalue weighted by molar-refractivity contribution is 7.91. The average Bonchev–Trinajstić information content (AvgIpc) is 2.82. The summed E-state index contributed by atoms with van der Waals surface area (Å²) < 4.78 is 27.8. The van der Waals surface area contributed by atoms with Gasteiger partial charge in [0.15, 0.2) is 9.84 Å². The normalized spacial score (nSPS) is 22.6. The minimum absolute atomic E-state index is 0.00861. The van der Waals surface area contributed by atoms with Crippen molar-refractivity contribution in [2.45, 2.75) is 19.4 Å². The topological polar surface area (TPSA) is 80.5 Å². The Morgan fingerprint density at radius 3 is 2.76 bits per heavy atom. The first-order valence-corrected chi connectivity index (χ1v) is 7.11. The number of hydrogen-bond acceptors (Lipinski definition) is 5. The number of aromatic nitrogens is 1. The molecule has 6 nitrogen and oxygen atoms in total. The molecule has 2 rings (SSSR count). The number of carbonyl (C=O) groups excluding carboxylic acids is 1. The van der Waals surface area contributed by atoms with Crippen molar-refractivity contribution < 1.29 is 17.6 Å². The van der Waals surface area contributed by atoms with E-state index in [4.69, 9.17) is 4.42 Å². The number of carbonyl (C=O) groups is 1. The third-order valence-corrected chi connectivity index (χ3v) is 4.63. The van der Waals surface area contributed by atoms with Crippen LogP contribution in [0.1, 0.15) is 22.9 Å². The third-order valence-electron chi connectivity index (χ3n) is 2.88. The van der Waals surface area contributed by atoms with Crippen molar-refractivity contribution in [3.05, 3.63) is 17.8 Å². The van der Waals surface area contributed by atoms with E-state index in [1.54, 1.807) is 14.0 Å². The molecule has 0 radical (unpaired) electrons. The Balaban J connectivity index is 2.11. The molecule has 1 saturated heterocycles. The van der Waals surface area contributed by atoms with Crippen molar-refractivity contribution in [3.8, 4) is 0 Å². The van der Waals surface area contributed by atoms with Gasteiger partial charge in [0.25, 0.3) is 5.89 Å². The maximum absolute atomic E-state index is 11.9. The monoisotopic (exact) mass is 258 g/mol. The summed E-state index contributed by atoms with van der Waals surface area (Å²) in [5.74, 6) is 0.352. The van der Waals surface area contributed by atoms with Crippen molar-refractivity contribution in [1.29, 1.82) is 0 Å². The van der Waals surface area contributed by atoms with Gasteiger partial charge in [-0.15, -0.1) is 0 Å². The standard InChI is InChI=1S/C10H14N2O4S/c1-7-5-11-9(16-7)10(13)12(2)8-3-4-17(14,15)6-8/h5,8H,3-4,6H2,1-2H3.